The van der Waals surface area contributed by atoms with E-state index in [2.05, 4.69) is 20.8 Å². The van der Waals surface area contributed by atoms with Crippen LogP contribution in [-0.2, 0) is 19.0 Å². The molecule has 4 nitrogen and oxygen atoms in total. The third-order valence-electron chi connectivity index (χ3n) is 6.45. The molecule has 3 fully saturated rings. The van der Waals surface area contributed by atoms with Gasteiger partial charge in [0.2, 0.25) is 0 Å². The lowest BCUT2D eigenvalue weighted by molar-refractivity contribution is -0.341. The molecule has 2 aliphatic heterocycles. The molecule has 4 heteroatoms. The van der Waals surface area contributed by atoms with Crippen molar-refractivity contribution in [3.8, 4) is 0 Å². The van der Waals surface area contributed by atoms with Crippen molar-refractivity contribution in [3.05, 3.63) is 0 Å². The Balaban J connectivity index is 1.62. The van der Waals surface area contributed by atoms with Gasteiger partial charge in [-0.2, -0.15) is 0 Å². The van der Waals surface area contributed by atoms with Crippen LogP contribution in [0.15, 0.2) is 0 Å². The lowest BCUT2D eigenvalue weighted by atomic mass is 9.72. The fourth-order valence-corrected chi connectivity index (χ4v) is 5.20. The molecule has 0 aromatic heterocycles. The SMILES string of the molecule is CC(C)[C@@H]1CC[C@@H](C)CC12OCC[C@@H](C[C@H]1CCC[C@@H](CC=O)O1)O2. The summed E-state index contributed by atoms with van der Waals surface area (Å²) in [7, 11) is 0. The van der Waals surface area contributed by atoms with Gasteiger partial charge in [0.25, 0.3) is 0 Å². The van der Waals surface area contributed by atoms with Crippen LogP contribution in [0.2, 0.25) is 0 Å². The van der Waals surface area contributed by atoms with Crippen molar-refractivity contribution in [2.45, 2.75) is 103 Å². The summed E-state index contributed by atoms with van der Waals surface area (Å²) in [6.07, 6.45) is 10.8. The minimum absolute atomic E-state index is 0.114. The molecule has 0 aromatic rings. The normalized spacial score (nSPS) is 42.6. The topological polar surface area (TPSA) is 44.8 Å². The summed E-state index contributed by atoms with van der Waals surface area (Å²) in [4.78, 5) is 10.8. The molecule has 0 bridgehead atoms. The highest BCUT2D eigenvalue weighted by atomic mass is 16.7. The summed E-state index contributed by atoms with van der Waals surface area (Å²) in [5, 5.41) is 0. The van der Waals surface area contributed by atoms with Crippen molar-refractivity contribution >= 4 is 6.29 Å². The number of hydrogen-bond donors (Lipinski definition) is 0. The largest absolute Gasteiger partial charge is 0.374 e. The highest BCUT2D eigenvalue weighted by molar-refractivity contribution is 5.50. The van der Waals surface area contributed by atoms with E-state index in [0.717, 1.165) is 51.4 Å². The van der Waals surface area contributed by atoms with Crippen molar-refractivity contribution in [1.82, 2.24) is 0 Å². The molecule has 3 rings (SSSR count). The van der Waals surface area contributed by atoms with Crippen LogP contribution in [0.4, 0.5) is 0 Å². The van der Waals surface area contributed by atoms with Gasteiger partial charge in [0.1, 0.15) is 6.29 Å². The molecule has 2 saturated heterocycles. The van der Waals surface area contributed by atoms with Crippen LogP contribution in [0.25, 0.3) is 0 Å². The fraction of sp³-hybridized carbons (Fsp3) is 0.952. The van der Waals surface area contributed by atoms with Crippen LogP contribution in [0.5, 0.6) is 0 Å². The van der Waals surface area contributed by atoms with Gasteiger partial charge in [0, 0.05) is 18.8 Å². The Bertz CT molecular complexity index is 438. The molecule has 1 spiro atoms. The van der Waals surface area contributed by atoms with E-state index in [1.165, 1.54) is 12.8 Å². The Labute approximate surface area is 153 Å². The zero-order chi connectivity index (χ0) is 17.9. The molecule has 1 aliphatic carbocycles. The van der Waals surface area contributed by atoms with E-state index >= 15 is 0 Å². The van der Waals surface area contributed by atoms with Crippen molar-refractivity contribution < 1.29 is 19.0 Å². The molecule has 1 saturated carbocycles. The standard InChI is InChI=1S/C21H36O4/c1-15(2)20-8-7-16(3)14-21(20)23-12-10-19(25-21)13-18-6-4-5-17(24-18)9-11-22/h11,15-20H,4-10,12-14H2,1-3H3/t16-,17+,18-,19+,20+,21?/m1/s1. The van der Waals surface area contributed by atoms with Crippen molar-refractivity contribution in [1.29, 1.82) is 0 Å². The van der Waals surface area contributed by atoms with Gasteiger partial charge in [0.15, 0.2) is 5.79 Å². The second-order valence-electron chi connectivity index (χ2n) is 8.88. The van der Waals surface area contributed by atoms with Gasteiger partial charge in [-0.25, -0.2) is 0 Å². The number of hydrogen-bond acceptors (Lipinski definition) is 4. The molecule has 0 aromatic carbocycles. The van der Waals surface area contributed by atoms with Crippen molar-refractivity contribution in [3.63, 3.8) is 0 Å². The minimum atomic E-state index is -0.383. The monoisotopic (exact) mass is 352 g/mol. The Morgan fingerprint density at radius 3 is 2.64 bits per heavy atom. The number of rotatable bonds is 5. The van der Waals surface area contributed by atoms with E-state index in [-0.39, 0.29) is 24.1 Å². The van der Waals surface area contributed by atoms with Gasteiger partial charge >= 0.3 is 0 Å². The van der Waals surface area contributed by atoms with Crippen molar-refractivity contribution in [2.24, 2.45) is 17.8 Å². The number of aldehydes is 1. The van der Waals surface area contributed by atoms with E-state index in [0.29, 0.717) is 24.2 Å². The molecule has 1 unspecified atom stereocenters. The maximum absolute atomic E-state index is 10.8. The van der Waals surface area contributed by atoms with E-state index < -0.39 is 0 Å². The Hall–Kier alpha value is -0.450. The lowest BCUT2D eigenvalue weighted by Crippen LogP contribution is -2.55. The number of carbonyl (C=O) groups excluding carboxylic acids is 1. The molecule has 6 atom stereocenters. The van der Waals surface area contributed by atoms with E-state index in [9.17, 15) is 4.79 Å². The summed E-state index contributed by atoms with van der Waals surface area (Å²) in [6, 6.07) is 0. The summed E-state index contributed by atoms with van der Waals surface area (Å²) in [5.41, 5.74) is 0. The van der Waals surface area contributed by atoms with Gasteiger partial charge in [0.05, 0.1) is 24.9 Å². The van der Waals surface area contributed by atoms with Crippen LogP contribution in [-0.4, -0.2) is 37.0 Å². The summed E-state index contributed by atoms with van der Waals surface area (Å²) in [6.45, 7) is 7.72. The summed E-state index contributed by atoms with van der Waals surface area (Å²) in [5.74, 6) is 1.35. The molecule has 0 radical (unpaired) electrons. The average Bonchev–Trinajstić information content (AvgIpc) is 2.55. The highest BCUT2D eigenvalue weighted by Gasteiger charge is 2.49. The Morgan fingerprint density at radius 1 is 1.08 bits per heavy atom. The third kappa shape index (κ3) is 4.64. The molecule has 144 valence electrons. The number of ether oxygens (including phenoxy) is 3. The van der Waals surface area contributed by atoms with Crippen LogP contribution < -0.4 is 0 Å². The summed E-state index contributed by atoms with van der Waals surface area (Å²) < 4.78 is 19.2. The third-order valence-corrected chi connectivity index (χ3v) is 6.45. The second-order valence-corrected chi connectivity index (χ2v) is 8.88. The molecule has 3 aliphatic rings. The van der Waals surface area contributed by atoms with Gasteiger partial charge < -0.3 is 19.0 Å². The van der Waals surface area contributed by atoms with Crippen LogP contribution in [0.3, 0.4) is 0 Å². The maximum Gasteiger partial charge on any atom is 0.171 e. The molecule has 0 N–H and O–H groups in total. The predicted molar refractivity (Wildman–Crippen MR) is 97.3 cm³/mol. The Kier molecular flexibility index (Phi) is 6.56. The van der Waals surface area contributed by atoms with Gasteiger partial charge in [-0.1, -0.05) is 27.2 Å². The van der Waals surface area contributed by atoms with Gasteiger partial charge in [-0.3, -0.25) is 0 Å². The van der Waals surface area contributed by atoms with Crippen LogP contribution in [0, 0.1) is 17.8 Å². The quantitative estimate of drug-likeness (QED) is 0.684. The van der Waals surface area contributed by atoms with Crippen LogP contribution in [0.1, 0.15) is 78.6 Å². The van der Waals surface area contributed by atoms with E-state index in [1.54, 1.807) is 0 Å². The second kappa shape index (κ2) is 8.49. The van der Waals surface area contributed by atoms with Crippen molar-refractivity contribution in [2.75, 3.05) is 6.61 Å². The lowest BCUT2D eigenvalue weighted by Gasteiger charge is -2.51. The van der Waals surface area contributed by atoms with E-state index in [4.69, 9.17) is 14.2 Å². The molecular weight excluding hydrogens is 316 g/mol. The first-order chi connectivity index (χ1) is 12.0. The smallest absolute Gasteiger partial charge is 0.171 e. The highest BCUT2D eigenvalue weighted by Crippen LogP contribution is 2.47. The predicted octanol–water partition coefficient (Wildman–Crippen LogP) is 4.50. The molecule has 0 amide bonds. The first kappa shape index (κ1) is 19.3. The molecule has 25 heavy (non-hydrogen) atoms. The fourth-order valence-electron chi connectivity index (χ4n) is 5.20. The van der Waals surface area contributed by atoms with Gasteiger partial charge in [-0.05, 0) is 50.4 Å². The first-order valence-corrected chi connectivity index (χ1v) is 10.4. The number of carbonyl (C=O) groups is 1. The maximum atomic E-state index is 10.8. The minimum Gasteiger partial charge on any atom is -0.374 e. The molecule has 2 heterocycles. The average molecular weight is 353 g/mol. The van der Waals surface area contributed by atoms with Gasteiger partial charge in [-0.15, -0.1) is 0 Å². The zero-order valence-electron chi connectivity index (χ0n) is 16.2. The zero-order valence-corrected chi connectivity index (χ0v) is 16.2. The summed E-state index contributed by atoms with van der Waals surface area (Å²) >= 11 is 0. The van der Waals surface area contributed by atoms with E-state index in [1.807, 2.05) is 0 Å². The Morgan fingerprint density at radius 2 is 1.88 bits per heavy atom. The molecular formula is C21H36O4. The first-order valence-electron chi connectivity index (χ1n) is 10.4. The van der Waals surface area contributed by atoms with Crippen LogP contribution >= 0.6 is 0 Å².